The van der Waals surface area contributed by atoms with Crippen LogP contribution in [0.2, 0.25) is 0 Å². The minimum Gasteiger partial charge on any atom is -0.406 e. The molecule has 9 nitrogen and oxygen atoms in total. The number of ether oxygens (including phenoxy) is 1. The molecule has 1 saturated heterocycles. The molecule has 2 heterocycles. The standard InChI is InChI=1S/C28H29F3N4O5S/c1-32-27(37)34-16-22(33-41(38,39)21-14-12-20(13-15-21)40-28(29,30)31)26(36)25(17-34)35-23-8-4-2-6-18(23)10-11-19-7-3-5-9-24(19)35/h2-9,12-15,22,25-26,33,36H,10-11,16-17H2,1H3,(H,32,37)/t22?,25?,26-/m0/s1. The number of nitrogens with one attached hydrogen (secondary N) is 2. The molecule has 0 spiro atoms. The van der Waals surface area contributed by atoms with Crippen LogP contribution in [0.4, 0.5) is 29.3 Å². The van der Waals surface area contributed by atoms with Gasteiger partial charge in [-0.15, -0.1) is 13.2 Å². The Balaban J connectivity index is 1.50. The first-order chi connectivity index (χ1) is 19.5. The number of aliphatic hydroxyl groups is 1. The number of amides is 2. The van der Waals surface area contributed by atoms with Crippen molar-refractivity contribution in [3.05, 3.63) is 83.9 Å². The third kappa shape index (κ3) is 6.11. The lowest BCUT2D eigenvalue weighted by molar-refractivity contribution is -0.274. The summed E-state index contributed by atoms with van der Waals surface area (Å²) in [6, 6.07) is 17.0. The van der Waals surface area contributed by atoms with Crippen molar-refractivity contribution in [2.24, 2.45) is 0 Å². The number of aliphatic hydroxyl groups excluding tert-OH is 1. The molecule has 0 aromatic heterocycles. The molecule has 5 rings (SSSR count). The molecule has 3 aromatic carbocycles. The van der Waals surface area contributed by atoms with Gasteiger partial charge in [-0.2, -0.15) is 0 Å². The van der Waals surface area contributed by atoms with Crippen molar-refractivity contribution in [2.45, 2.75) is 42.3 Å². The fourth-order valence-corrected chi connectivity index (χ4v) is 6.69. The lowest BCUT2D eigenvalue weighted by atomic mass is 9.94. The molecule has 2 unspecified atom stereocenters. The van der Waals surface area contributed by atoms with Crippen LogP contribution >= 0.6 is 0 Å². The predicted octanol–water partition coefficient (Wildman–Crippen LogP) is 3.55. The molecule has 3 atom stereocenters. The largest absolute Gasteiger partial charge is 0.573 e. The summed E-state index contributed by atoms with van der Waals surface area (Å²) < 4.78 is 70.5. The normalized spacial score (nSPS) is 21.0. The molecule has 0 saturated carbocycles. The highest BCUT2D eigenvalue weighted by Crippen LogP contribution is 2.39. The van der Waals surface area contributed by atoms with E-state index in [2.05, 4.69) is 14.8 Å². The fraction of sp³-hybridized carbons (Fsp3) is 0.321. The van der Waals surface area contributed by atoms with Crippen molar-refractivity contribution in [3.8, 4) is 5.75 Å². The zero-order valence-corrected chi connectivity index (χ0v) is 22.8. The van der Waals surface area contributed by atoms with Gasteiger partial charge in [0.15, 0.2) is 0 Å². The van der Waals surface area contributed by atoms with Crippen molar-refractivity contribution in [1.82, 2.24) is 14.9 Å². The van der Waals surface area contributed by atoms with E-state index in [1.807, 2.05) is 53.4 Å². The number of nitrogens with zero attached hydrogens (tertiary/aromatic N) is 2. The Morgan fingerprint density at radius 1 is 0.927 bits per heavy atom. The molecule has 41 heavy (non-hydrogen) atoms. The summed E-state index contributed by atoms with van der Waals surface area (Å²) in [7, 11) is -2.85. The van der Waals surface area contributed by atoms with Crippen LogP contribution in [-0.2, 0) is 22.9 Å². The molecule has 218 valence electrons. The number of likely N-dealkylation sites (tertiary alicyclic amines) is 1. The van der Waals surface area contributed by atoms with Crippen molar-refractivity contribution < 1.29 is 36.2 Å². The zero-order chi connectivity index (χ0) is 29.4. The Morgan fingerprint density at radius 2 is 1.49 bits per heavy atom. The number of hydrogen-bond acceptors (Lipinski definition) is 6. The number of anilines is 2. The van der Waals surface area contributed by atoms with Gasteiger partial charge in [-0.1, -0.05) is 36.4 Å². The number of carbonyl (C=O) groups excluding carboxylic acids is 1. The number of sulfonamides is 1. The van der Waals surface area contributed by atoms with E-state index >= 15 is 0 Å². The summed E-state index contributed by atoms with van der Waals surface area (Å²) in [5, 5.41) is 14.3. The van der Waals surface area contributed by atoms with Gasteiger partial charge in [-0.3, -0.25) is 0 Å². The average molecular weight is 591 g/mol. The van der Waals surface area contributed by atoms with Crippen LogP contribution in [0.3, 0.4) is 0 Å². The van der Waals surface area contributed by atoms with Gasteiger partial charge in [0, 0.05) is 31.5 Å². The number of alkyl halides is 3. The Bertz CT molecular complexity index is 1470. The maximum atomic E-state index is 13.3. The maximum absolute atomic E-state index is 13.3. The van der Waals surface area contributed by atoms with E-state index in [0.29, 0.717) is 0 Å². The first-order valence-corrected chi connectivity index (χ1v) is 14.4. The van der Waals surface area contributed by atoms with Gasteiger partial charge in [-0.25, -0.2) is 17.9 Å². The van der Waals surface area contributed by atoms with Gasteiger partial charge in [0.25, 0.3) is 0 Å². The second kappa shape index (κ2) is 11.2. The highest BCUT2D eigenvalue weighted by Gasteiger charge is 2.44. The third-order valence-electron chi connectivity index (χ3n) is 7.30. The van der Waals surface area contributed by atoms with E-state index in [1.165, 1.54) is 11.9 Å². The number of urea groups is 1. The molecule has 2 amide bonds. The van der Waals surface area contributed by atoms with E-state index in [9.17, 15) is 31.5 Å². The summed E-state index contributed by atoms with van der Waals surface area (Å²) in [6.45, 7) is -0.0335. The molecule has 3 aromatic rings. The summed E-state index contributed by atoms with van der Waals surface area (Å²) in [5.41, 5.74) is 3.79. The Labute approximate surface area is 235 Å². The monoisotopic (exact) mass is 590 g/mol. The van der Waals surface area contributed by atoms with Crippen molar-refractivity contribution in [2.75, 3.05) is 25.0 Å². The summed E-state index contributed by atoms with van der Waals surface area (Å²) in [4.78, 5) is 15.9. The average Bonchev–Trinajstić information content (AvgIpc) is 3.10. The highest BCUT2D eigenvalue weighted by molar-refractivity contribution is 7.89. The molecule has 3 N–H and O–H groups in total. The Hall–Kier alpha value is -3.81. The quantitative estimate of drug-likeness (QED) is 0.419. The van der Waals surface area contributed by atoms with Crippen molar-refractivity contribution >= 4 is 27.4 Å². The van der Waals surface area contributed by atoms with E-state index in [-0.39, 0.29) is 18.0 Å². The van der Waals surface area contributed by atoms with Gasteiger partial charge in [0.1, 0.15) is 5.75 Å². The number of halogens is 3. The number of hydrogen-bond donors (Lipinski definition) is 3. The van der Waals surface area contributed by atoms with Gasteiger partial charge >= 0.3 is 12.4 Å². The number of benzene rings is 3. The van der Waals surface area contributed by atoms with Crippen molar-refractivity contribution in [3.63, 3.8) is 0 Å². The molecular weight excluding hydrogens is 561 g/mol. The second-order valence-electron chi connectivity index (χ2n) is 9.89. The van der Waals surface area contributed by atoms with Crippen LogP contribution in [0.15, 0.2) is 77.7 Å². The highest BCUT2D eigenvalue weighted by atomic mass is 32.2. The van der Waals surface area contributed by atoms with Crippen LogP contribution in [0.1, 0.15) is 11.1 Å². The minimum atomic E-state index is -4.92. The number of carbonyl (C=O) groups is 1. The smallest absolute Gasteiger partial charge is 0.406 e. The van der Waals surface area contributed by atoms with E-state index in [1.54, 1.807) is 0 Å². The van der Waals surface area contributed by atoms with E-state index < -0.39 is 46.4 Å². The summed E-state index contributed by atoms with van der Waals surface area (Å²) in [5.74, 6) is -0.571. The SMILES string of the molecule is CNC(=O)N1CC(NS(=O)(=O)c2ccc(OC(F)(F)F)cc2)[C@H](O)C(N2c3ccccc3CCc3ccccc32)C1. The van der Waals surface area contributed by atoms with Gasteiger partial charge in [-0.05, 0) is 60.4 Å². The van der Waals surface area contributed by atoms with Crippen LogP contribution in [0.5, 0.6) is 5.75 Å². The van der Waals surface area contributed by atoms with Gasteiger partial charge in [0.2, 0.25) is 10.0 Å². The number of aryl methyl sites for hydroxylation is 2. The third-order valence-corrected chi connectivity index (χ3v) is 8.81. The fourth-order valence-electron chi connectivity index (χ4n) is 5.45. The van der Waals surface area contributed by atoms with Gasteiger partial charge in [0.05, 0.1) is 23.1 Å². The number of para-hydroxylation sites is 2. The molecular formula is C28H29F3N4O5S. The topological polar surface area (TPSA) is 111 Å². The predicted molar refractivity (Wildman–Crippen MR) is 145 cm³/mol. The lowest BCUT2D eigenvalue weighted by Gasteiger charge is -2.47. The molecule has 2 aliphatic heterocycles. The van der Waals surface area contributed by atoms with Crippen molar-refractivity contribution in [1.29, 1.82) is 0 Å². The molecule has 1 fully saturated rings. The number of rotatable bonds is 5. The maximum Gasteiger partial charge on any atom is 0.573 e. The molecule has 0 aliphatic carbocycles. The van der Waals surface area contributed by atoms with Crippen LogP contribution < -0.4 is 19.7 Å². The summed E-state index contributed by atoms with van der Waals surface area (Å²) in [6.07, 6.45) is -4.67. The Kier molecular flexibility index (Phi) is 7.86. The zero-order valence-electron chi connectivity index (χ0n) is 22.0. The minimum absolute atomic E-state index is 0.102. The molecule has 0 bridgehead atoms. The van der Waals surface area contributed by atoms with Gasteiger partial charge < -0.3 is 25.0 Å². The van der Waals surface area contributed by atoms with Crippen LogP contribution in [0, 0.1) is 0 Å². The molecule has 13 heteroatoms. The first kappa shape index (κ1) is 28.7. The Morgan fingerprint density at radius 3 is 2.02 bits per heavy atom. The molecule has 0 radical (unpaired) electrons. The van der Waals surface area contributed by atoms with E-state index in [4.69, 9.17) is 0 Å². The summed E-state index contributed by atoms with van der Waals surface area (Å²) >= 11 is 0. The van der Waals surface area contributed by atoms with Crippen LogP contribution in [-0.4, -0.2) is 69.1 Å². The van der Waals surface area contributed by atoms with Crippen LogP contribution in [0.25, 0.3) is 0 Å². The first-order valence-electron chi connectivity index (χ1n) is 12.9. The number of fused-ring (bicyclic) bond motifs is 2. The molecule has 2 aliphatic rings. The van der Waals surface area contributed by atoms with E-state index in [0.717, 1.165) is 59.6 Å². The number of piperidine rings is 1. The lowest BCUT2D eigenvalue weighted by Crippen LogP contribution is -2.66. The second-order valence-corrected chi connectivity index (χ2v) is 11.6.